The lowest BCUT2D eigenvalue weighted by Gasteiger charge is -2.23. The van der Waals surface area contributed by atoms with Crippen molar-refractivity contribution in [1.29, 1.82) is 0 Å². The van der Waals surface area contributed by atoms with Gasteiger partial charge in [0.15, 0.2) is 0 Å². The van der Waals surface area contributed by atoms with Gasteiger partial charge in [-0.05, 0) is 42.5 Å². The van der Waals surface area contributed by atoms with Gasteiger partial charge in [-0.2, -0.15) is 0 Å². The molecular formula is C17H22N2O2. The Kier molecular flexibility index (Phi) is 4.25. The monoisotopic (exact) mass is 286 g/mol. The standard InChI is InChI=1S/C17H22N2O2/c1-21-13-7-8-14-12(11-13)9-10-18-17(14)19-15-5-3-2-4-6-16(15)20/h7-11,15-16,20H,2-6H2,1H3,(H,18,19). The number of anilines is 1. The Morgan fingerprint density at radius 2 is 2.05 bits per heavy atom. The van der Waals surface area contributed by atoms with E-state index in [4.69, 9.17) is 4.74 Å². The number of hydrogen-bond donors (Lipinski definition) is 2. The van der Waals surface area contributed by atoms with Crippen LogP contribution in [-0.2, 0) is 0 Å². The van der Waals surface area contributed by atoms with Crippen molar-refractivity contribution >= 4 is 16.6 Å². The zero-order valence-electron chi connectivity index (χ0n) is 12.4. The lowest BCUT2D eigenvalue weighted by molar-refractivity contribution is 0.144. The molecule has 4 heteroatoms. The molecule has 4 nitrogen and oxygen atoms in total. The van der Waals surface area contributed by atoms with E-state index in [9.17, 15) is 5.11 Å². The Hall–Kier alpha value is -1.81. The highest BCUT2D eigenvalue weighted by atomic mass is 16.5. The molecule has 3 rings (SSSR count). The minimum atomic E-state index is -0.289. The SMILES string of the molecule is COc1ccc2c(NC3CCCCCC3O)nccc2c1. The number of fused-ring (bicyclic) bond motifs is 1. The molecule has 1 aromatic carbocycles. The first-order valence-electron chi connectivity index (χ1n) is 7.65. The van der Waals surface area contributed by atoms with Gasteiger partial charge in [0.1, 0.15) is 11.6 Å². The summed E-state index contributed by atoms with van der Waals surface area (Å²) in [6.07, 6.45) is 6.85. The third-order valence-electron chi connectivity index (χ3n) is 4.27. The Bertz CT molecular complexity index is 615. The highest BCUT2D eigenvalue weighted by molar-refractivity contribution is 5.92. The van der Waals surface area contributed by atoms with Crippen LogP contribution in [0, 0.1) is 0 Å². The molecule has 0 bridgehead atoms. The minimum absolute atomic E-state index is 0.0905. The fourth-order valence-electron chi connectivity index (χ4n) is 3.03. The van der Waals surface area contributed by atoms with Gasteiger partial charge in [0.05, 0.1) is 19.3 Å². The van der Waals surface area contributed by atoms with Gasteiger partial charge in [-0.3, -0.25) is 0 Å². The summed E-state index contributed by atoms with van der Waals surface area (Å²) in [5.41, 5.74) is 0. The van der Waals surface area contributed by atoms with Crippen LogP contribution in [0.15, 0.2) is 30.5 Å². The molecule has 21 heavy (non-hydrogen) atoms. The average molecular weight is 286 g/mol. The molecule has 1 aliphatic rings. The van der Waals surface area contributed by atoms with E-state index >= 15 is 0 Å². The van der Waals surface area contributed by atoms with Crippen molar-refractivity contribution in [3.63, 3.8) is 0 Å². The second-order valence-corrected chi connectivity index (χ2v) is 5.70. The maximum atomic E-state index is 10.3. The van der Waals surface area contributed by atoms with E-state index in [-0.39, 0.29) is 12.1 Å². The number of hydrogen-bond acceptors (Lipinski definition) is 4. The molecule has 2 N–H and O–H groups in total. The molecule has 0 aliphatic heterocycles. The number of ether oxygens (including phenoxy) is 1. The molecule has 1 saturated carbocycles. The van der Waals surface area contributed by atoms with Gasteiger partial charge >= 0.3 is 0 Å². The van der Waals surface area contributed by atoms with E-state index in [1.54, 1.807) is 13.3 Å². The van der Waals surface area contributed by atoms with Crippen molar-refractivity contribution in [1.82, 2.24) is 4.98 Å². The molecule has 1 heterocycles. The third kappa shape index (κ3) is 3.10. The first-order valence-corrected chi connectivity index (χ1v) is 7.65. The molecule has 0 radical (unpaired) electrons. The molecule has 1 aromatic heterocycles. The highest BCUT2D eigenvalue weighted by Gasteiger charge is 2.22. The van der Waals surface area contributed by atoms with Crippen LogP contribution in [0.1, 0.15) is 32.1 Å². The zero-order valence-corrected chi connectivity index (χ0v) is 12.4. The summed E-state index contributed by atoms with van der Waals surface area (Å²) in [5, 5.41) is 15.9. The van der Waals surface area contributed by atoms with Crippen LogP contribution in [0.25, 0.3) is 10.8 Å². The van der Waals surface area contributed by atoms with Crippen molar-refractivity contribution < 1.29 is 9.84 Å². The molecule has 112 valence electrons. The van der Waals surface area contributed by atoms with E-state index in [0.29, 0.717) is 0 Å². The molecule has 2 aromatic rings. The topological polar surface area (TPSA) is 54.4 Å². The van der Waals surface area contributed by atoms with Crippen molar-refractivity contribution in [2.24, 2.45) is 0 Å². The number of methoxy groups -OCH3 is 1. The Morgan fingerprint density at radius 1 is 1.19 bits per heavy atom. The second-order valence-electron chi connectivity index (χ2n) is 5.70. The van der Waals surface area contributed by atoms with E-state index in [1.165, 1.54) is 6.42 Å². The van der Waals surface area contributed by atoms with Crippen molar-refractivity contribution in [2.45, 2.75) is 44.2 Å². The minimum Gasteiger partial charge on any atom is -0.497 e. The summed E-state index contributed by atoms with van der Waals surface area (Å²) < 4.78 is 5.26. The molecule has 1 fully saturated rings. The third-order valence-corrected chi connectivity index (χ3v) is 4.27. The molecule has 0 spiro atoms. The Balaban J connectivity index is 1.89. The highest BCUT2D eigenvalue weighted by Crippen LogP contribution is 2.28. The maximum absolute atomic E-state index is 10.3. The lowest BCUT2D eigenvalue weighted by Crippen LogP contribution is -2.32. The lowest BCUT2D eigenvalue weighted by atomic mass is 10.1. The van der Waals surface area contributed by atoms with Gasteiger partial charge in [0.25, 0.3) is 0 Å². The fraction of sp³-hybridized carbons (Fsp3) is 0.471. The number of aromatic nitrogens is 1. The normalized spacial score (nSPS) is 22.8. The molecule has 0 amide bonds. The summed E-state index contributed by atoms with van der Waals surface area (Å²) in [6.45, 7) is 0. The summed E-state index contributed by atoms with van der Waals surface area (Å²) in [4.78, 5) is 4.46. The molecule has 2 unspecified atom stereocenters. The van der Waals surface area contributed by atoms with Gasteiger partial charge in [-0.1, -0.05) is 19.3 Å². The summed E-state index contributed by atoms with van der Waals surface area (Å²) >= 11 is 0. The summed E-state index contributed by atoms with van der Waals surface area (Å²) in [7, 11) is 1.67. The van der Waals surface area contributed by atoms with Gasteiger partial charge < -0.3 is 15.2 Å². The van der Waals surface area contributed by atoms with Crippen LogP contribution >= 0.6 is 0 Å². The van der Waals surface area contributed by atoms with Gasteiger partial charge in [0.2, 0.25) is 0 Å². The largest absolute Gasteiger partial charge is 0.497 e. The number of nitrogens with one attached hydrogen (secondary N) is 1. The van der Waals surface area contributed by atoms with Gasteiger partial charge in [-0.25, -0.2) is 4.98 Å². The van der Waals surface area contributed by atoms with Gasteiger partial charge in [-0.15, -0.1) is 0 Å². The van der Waals surface area contributed by atoms with Crippen LogP contribution in [0.4, 0.5) is 5.82 Å². The van der Waals surface area contributed by atoms with E-state index in [2.05, 4.69) is 10.3 Å². The molecule has 0 saturated heterocycles. The predicted molar refractivity (Wildman–Crippen MR) is 84.8 cm³/mol. The summed E-state index contributed by atoms with van der Waals surface area (Å²) in [6, 6.07) is 8.04. The summed E-state index contributed by atoms with van der Waals surface area (Å²) in [5.74, 6) is 1.69. The van der Waals surface area contributed by atoms with Crippen LogP contribution in [0.2, 0.25) is 0 Å². The van der Waals surface area contributed by atoms with E-state index in [0.717, 1.165) is 48.0 Å². The number of rotatable bonds is 3. The second kappa shape index (κ2) is 6.31. The molecular weight excluding hydrogens is 264 g/mol. The quantitative estimate of drug-likeness (QED) is 0.850. The fourth-order valence-corrected chi connectivity index (χ4v) is 3.03. The number of benzene rings is 1. The molecule has 2 atom stereocenters. The maximum Gasteiger partial charge on any atom is 0.134 e. The first kappa shape index (κ1) is 14.1. The smallest absolute Gasteiger partial charge is 0.134 e. The predicted octanol–water partition coefficient (Wildman–Crippen LogP) is 3.35. The Morgan fingerprint density at radius 3 is 2.90 bits per heavy atom. The van der Waals surface area contributed by atoms with Crippen LogP contribution in [-0.4, -0.2) is 29.3 Å². The van der Waals surface area contributed by atoms with Crippen LogP contribution in [0.5, 0.6) is 5.75 Å². The van der Waals surface area contributed by atoms with E-state index in [1.807, 2.05) is 24.3 Å². The van der Waals surface area contributed by atoms with Crippen molar-refractivity contribution in [3.8, 4) is 5.75 Å². The van der Waals surface area contributed by atoms with Crippen molar-refractivity contribution in [3.05, 3.63) is 30.5 Å². The number of aliphatic hydroxyl groups excluding tert-OH is 1. The van der Waals surface area contributed by atoms with Crippen LogP contribution in [0.3, 0.4) is 0 Å². The number of pyridine rings is 1. The van der Waals surface area contributed by atoms with Gasteiger partial charge in [0, 0.05) is 11.6 Å². The Labute approximate surface area is 125 Å². The number of nitrogens with zero attached hydrogens (tertiary/aromatic N) is 1. The van der Waals surface area contributed by atoms with E-state index < -0.39 is 0 Å². The average Bonchev–Trinajstić information content (AvgIpc) is 2.72. The van der Waals surface area contributed by atoms with Crippen molar-refractivity contribution in [2.75, 3.05) is 12.4 Å². The zero-order chi connectivity index (χ0) is 14.7. The first-order chi connectivity index (χ1) is 10.3. The number of aliphatic hydroxyl groups is 1. The molecule has 1 aliphatic carbocycles. The van der Waals surface area contributed by atoms with Crippen LogP contribution < -0.4 is 10.1 Å².